The first-order chi connectivity index (χ1) is 18.7. The lowest BCUT2D eigenvalue weighted by Crippen LogP contribution is -2.57. The van der Waals surface area contributed by atoms with Crippen molar-refractivity contribution < 1.29 is 38.3 Å². The Morgan fingerprint density at radius 2 is 1.62 bits per heavy atom. The van der Waals surface area contributed by atoms with Crippen LogP contribution in [0.4, 0.5) is 4.39 Å². The van der Waals surface area contributed by atoms with Gasteiger partial charge in [0.15, 0.2) is 0 Å². The molecule has 12 heteroatoms. The smallest absolute Gasteiger partial charge is 0.466 e. The van der Waals surface area contributed by atoms with Crippen molar-refractivity contribution >= 4 is 25.4 Å². The third-order valence-electron chi connectivity index (χ3n) is 7.72. The molecule has 0 bridgehead atoms. The number of hydrogen-bond acceptors (Lipinski definition) is 5. The highest BCUT2D eigenvalue weighted by Gasteiger charge is 2.41. The van der Waals surface area contributed by atoms with E-state index in [0.29, 0.717) is 12.3 Å². The van der Waals surface area contributed by atoms with E-state index in [0.717, 1.165) is 80.3 Å². The van der Waals surface area contributed by atoms with Crippen LogP contribution < -0.4 is 4.74 Å². The number of likely N-dealkylation sites (tertiary alicyclic amines) is 2. The fourth-order valence-electron chi connectivity index (χ4n) is 5.43. The number of halogens is 2. The van der Waals surface area contributed by atoms with E-state index in [1.54, 1.807) is 19.1 Å². The number of rotatable bonds is 8. The minimum absolute atomic E-state index is 0.232. The lowest BCUT2D eigenvalue weighted by Gasteiger charge is -2.43. The highest BCUT2D eigenvalue weighted by Crippen LogP contribution is 2.30. The van der Waals surface area contributed by atoms with Gasteiger partial charge in [-0.2, -0.15) is 0 Å². The number of piperidine rings is 2. The topological polar surface area (TPSA) is 131 Å². The van der Waals surface area contributed by atoms with Gasteiger partial charge in [-0.3, -0.25) is 9.69 Å². The normalized spacial score (nSPS) is 19.4. The predicted octanol–water partition coefficient (Wildman–Crippen LogP) is 4.50. The summed E-state index contributed by atoms with van der Waals surface area (Å²) >= 11 is 6.06. The van der Waals surface area contributed by atoms with Gasteiger partial charge in [-0.15, -0.1) is 0 Å². The van der Waals surface area contributed by atoms with Gasteiger partial charge in [-0.05, 0) is 100.0 Å². The maximum Gasteiger partial charge on any atom is 0.466 e. The molecule has 0 spiro atoms. The molecule has 0 aliphatic carbocycles. The minimum atomic E-state index is -4.64. The number of carboxylic acids is 1. The van der Waals surface area contributed by atoms with Gasteiger partial charge in [0.05, 0.1) is 0 Å². The largest absolute Gasteiger partial charge is 0.490 e. The zero-order chi connectivity index (χ0) is 29.5. The van der Waals surface area contributed by atoms with Gasteiger partial charge < -0.3 is 29.4 Å². The van der Waals surface area contributed by atoms with Crippen molar-refractivity contribution in [2.45, 2.75) is 57.6 Å². The molecule has 40 heavy (non-hydrogen) atoms. The van der Waals surface area contributed by atoms with Crippen LogP contribution in [0.25, 0.3) is 0 Å². The molecule has 2 fully saturated rings. The van der Waals surface area contributed by atoms with E-state index in [9.17, 15) is 14.3 Å². The molecular formula is C28H39ClFN2O7P. The molecule has 4 N–H and O–H groups in total. The first kappa shape index (κ1) is 32.5. The van der Waals surface area contributed by atoms with Gasteiger partial charge >= 0.3 is 13.8 Å². The Labute approximate surface area is 239 Å². The van der Waals surface area contributed by atoms with Crippen molar-refractivity contribution in [2.24, 2.45) is 5.92 Å². The molecule has 2 aliphatic heterocycles. The van der Waals surface area contributed by atoms with Crippen molar-refractivity contribution in [3.8, 4) is 5.75 Å². The molecule has 9 nitrogen and oxygen atoms in total. The van der Waals surface area contributed by atoms with Crippen molar-refractivity contribution in [1.82, 2.24) is 9.80 Å². The lowest BCUT2D eigenvalue weighted by molar-refractivity contribution is -0.151. The maximum absolute atomic E-state index is 13.3. The molecular weight excluding hydrogens is 562 g/mol. The van der Waals surface area contributed by atoms with E-state index in [1.807, 2.05) is 25.1 Å². The molecule has 0 unspecified atom stereocenters. The first-order valence-electron chi connectivity index (χ1n) is 13.4. The van der Waals surface area contributed by atoms with Crippen LogP contribution in [0.3, 0.4) is 0 Å². The zero-order valence-electron chi connectivity index (χ0n) is 22.9. The quantitative estimate of drug-likeness (QED) is 0.324. The lowest BCUT2D eigenvalue weighted by atomic mass is 9.86. The van der Waals surface area contributed by atoms with Crippen LogP contribution in [0.15, 0.2) is 42.5 Å². The third kappa shape index (κ3) is 10.1. The first-order valence-corrected chi connectivity index (χ1v) is 15.3. The fourth-order valence-corrected chi connectivity index (χ4v) is 5.66. The maximum atomic E-state index is 13.3. The fraction of sp³-hybridized carbons (Fsp3) is 0.536. The summed E-state index contributed by atoms with van der Waals surface area (Å²) in [6.07, 6.45) is 4.61. The number of ether oxygens (including phenoxy) is 1. The predicted molar refractivity (Wildman–Crippen MR) is 151 cm³/mol. The third-order valence-corrected chi connectivity index (χ3v) is 7.95. The van der Waals surface area contributed by atoms with E-state index >= 15 is 0 Å². The number of aliphatic carboxylic acids is 1. The summed E-state index contributed by atoms with van der Waals surface area (Å²) in [5.41, 5.74) is 0.926. The number of nitrogens with zero attached hydrogens (tertiary/aromatic N) is 2. The number of carboxylic acid groups (broad SMARTS) is 1. The molecule has 0 radical (unpaired) electrons. The summed E-state index contributed by atoms with van der Waals surface area (Å²) in [7, 11) is -4.64. The Kier molecular flexibility index (Phi) is 11.6. The van der Waals surface area contributed by atoms with E-state index in [1.165, 1.54) is 12.1 Å². The molecule has 222 valence electrons. The molecule has 0 amide bonds. The summed E-state index contributed by atoms with van der Waals surface area (Å²) in [5, 5.41) is 10.8. The van der Waals surface area contributed by atoms with E-state index in [2.05, 4.69) is 9.80 Å². The summed E-state index contributed by atoms with van der Waals surface area (Å²) in [4.78, 5) is 38.4. The SMILES string of the molecule is Cc1cc(Cl)ccc1OC1CCN(CC2CCN([C@@](C)(Cc3ccc(F)cc3)C(=O)O)CC2)CC1.O=P(O)(O)O. The van der Waals surface area contributed by atoms with E-state index in [-0.39, 0.29) is 11.9 Å². The Morgan fingerprint density at radius 1 is 1.05 bits per heavy atom. The highest BCUT2D eigenvalue weighted by atomic mass is 35.5. The van der Waals surface area contributed by atoms with Crippen molar-refractivity contribution in [3.63, 3.8) is 0 Å². The zero-order valence-corrected chi connectivity index (χ0v) is 24.5. The second-order valence-corrected chi connectivity index (χ2v) is 12.3. The minimum Gasteiger partial charge on any atom is -0.490 e. The van der Waals surface area contributed by atoms with Crippen LogP contribution in [0.2, 0.25) is 5.02 Å². The van der Waals surface area contributed by atoms with Gasteiger partial charge in [-0.1, -0.05) is 23.7 Å². The molecule has 2 aromatic rings. The van der Waals surface area contributed by atoms with Crippen LogP contribution >= 0.6 is 19.4 Å². The monoisotopic (exact) mass is 600 g/mol. The van der Waals surface area contributed by atoms with E-state index < -0.39 is 19.3 Å². The van der Waals surface area contributed by atoms with Crippen LogP contribution in [0.1, 0.15) is 43.7 Å². The Hall–Kier alpha value is -2.04. The number of aryl methyl sites for hydroxylation is 1. The summed E-state index contributed by atoms with van der Waals surface area (Å²) < 4.78 is 28.4. The van der Waals surface area contributed by atoms with E-state index in [4.69, 9.17) is 35.6 Å². The molecule has 2 saturated heterocycles. The molecule has 0 saturated carbocycles. The number of hydrogen-bond donors (Lipinski definition) is 4. The molecule has 2 aromatic carbocycles. The number of carbonyl (C=O) groups is 1. The standard InChI is InChI=1S/C28H36ClFN2O3.H3O4P/c1-20-17-23(29)5-8-26(20)35-25-11-13-31(14-12-25)19-22-9-15-32(16-10-22)28(2,27(33)34)18-21-3-6-24(30)7-4-21;1-5(2,3)4/h3-8,17,22,25H,9-16,18-19H2,1-2H3,(H,33,34);(H3,1,2,3,4)/t28-;/m0./s1. The van der Waals surface area contributed by atoms with Gasteiger partial charge in [0.1, 0.15) is 23.2 Å². The van der Waals surface area contributed by atoms with Crippen molar-refractivity contribution in [3.05, 3.63) is 64.4 Å². The van der Waals surface area contributed by atoms with Crippen LogP contribution in [-0.4, -0.2) is 79.9 Å². The van der Waals surface area contributed by atoms with Gasteiger partial charge in [0.2, 0.25) is 0 Å². The second-order valence-electron chi connectivity index (χ2n) is 10.9. The Bertz CT molecular complexity index is 1160. The number of benzene rings is 2. The molecule has 0 aromatic heterocycles. The van der Waals surface area contributed by atoms with Crippen LogP contribution in [0.5, 0.6) is 5.75 Å². The number of phosphoric acid groups is 1. The summed E-state index contributed by atoms with van der Waals surface area (Å²) in [6.45, 7) is 8.46. The van der Waals surface area contributed by atoms with Crippen LogP contribution in [0, 0.1) is 18.7 Å². The average Bonchev–Trinajstić information content (AvgIpc) is 2.87. The summed E-state index contributed by atoms with van der Waals surface area (Å²) in [6, 6.07) is 11.9. The molecule has 1 atom stereocenters. The molecule has 2 heterocycles. The molecule has 4 rings (SSSR count). The van der Waals surface area contributed by atoms with Gasteiger partial charge in [0, 0.05) is 31.1 Å². The summed E-state index contributed by atoms with van der Waals surface area (Å²) in [5.74, 6) is 0.369. The van der Waals surface area contributed by atoms with Crippen molar-refractivity contribution in [2.75, 3.05) is 32.7 Å². The Morgan fingerprint density at radius 3 is 2.15 bits per heavy atom. The second kappa shape index (κ2) is 14.2. The van der Waals surface area contributed by atoms with Gasteiger partial charge in [0.25, 0.3) is 0 Å². The van der Waals surface area contributed by atoms with Crippen molar-refractivity contribution in [1.29, 1.82) is 0 Å². The molecule has 2 aliphatic rings. The Balaban J connectivity index is 0.000000810. The van der Waals surface area contributed by atoms with Crippen LogP contribution in [-0.2, 0) is 15.8 Å². The van der Waals surface area contributed by atoms with Gasteiger partial charge in [-0.25, -0.2) is 8.96 Å². The highest BCUT2D eigenvalue weighted by molar-refractivity contribution is 7.45. The average molecular weight is 601 g/mol.